The maximum atomic E-state index is 14.1. The van der Waals surface area contributed by atoms with Crippen molar-refractivity contribution in [3.8, 4) is 5.75 Å². The summed E-state index contributed by atoms with van der Waals surface area (Å²) in [5.74, 6) is -4.43. The second kappa shape index (κ2) is 12.9. The molecule has 0 aliphatic heterocycles. The first-order valence-electron chi connectivity index (χ1n) is 11.3. The van der Waals surface area contributed by atoms with E-state index in [-0.39, 0.29) is 56.7 Å². The van der Waals surface area contributed by atoms with E-state index in [0.717, 1.165) is 0 Å². The number of anilines is 1. The molecule has 3 N–H and O–H groups in total. The molecular formula is C22H30F3N5O5. The van der Waals surface area contributed by atoms with Gasteiger partial charge in [-0.3, -0.25) is 4.79 Å². The number of alkyl halides is 2. The van der Waals surface area contributed by atoms with Crippen LogP contribution in [0.2, 0.25) is 0 Å². The van der Waals surface area contributed by atoms with E-state index in [0.29, 0.717) is 10.6 Å². The van der Waals surface area contributed by atoms with Crippen LogP contribution >= 0.6 is 0 Å². The second-order valence-corrected chi connectivity index (χ2v) is 8.52. The van der Waals surface area contributed by atoms with Gasteiger partial charge in [0.2, 0.25) is 5.92 Å². The summed E-state index contributed by atoms with van der Waals surface area (Å²) >= 11 is 0. The molecule has 13 heteroatoms. The van der Waals surface area contributed by atoms with E-state index in [1.54, 1.807) is 19.9 Å². The van der Waals surface area contributed by atoms with Gasteiger partial charge in [-0.25, -0.2) is 27.7 Å². The summed E-state index contributed by atoms with van der Waals surface area (Å²) in [6.45, 7) is 3.00. The fourth-order valence-corrected chi connectivity index (χ4v) is 3.46. The molecule has 194 valence electrons. The number of carbonyl (C=O) groups excluding carboxylic acids is 3. The second-order valence-electron chi connectivity index (χ2n) is 8.52. The Morgan fingerprint density at radius 3 is 2.43 bits per heavy atom. The molecule has 1 aromatic rings. The number of ether oxygens (including phenoxy) is 1. The number of hydrogen-bond acceptors (Lipinski definition) is 6. The number of rotatable bonds is 10. The minimum Gasteiger partial charge on any atom is -0.488 e. The molecule has 0 radical (unpaired) electrons. The van der Waals surface area contributed by atoms with Crippen LogP contribution in [0.15, 0.2) is 23.4 Å². The fourth-order valence-electron chi connectivity index (χ4n) is 3.46. The van der Waals surface area contributed by atoms with Crippen molar-refractivity contribution in [3.05, 3.63) is 28.9 Å². The number of amides is 5. The Labute approximate surface area is 200 Å². The Bertz CT molecular complexity index is 905. The molecule has 1 aliphatic carbocycles. The van der Waals surface area contributed by atoms with Crippen LogP contribution in [0.1, 0.15) is 46.0 Å². The fraction of sp³-hybridized carbons (Fsp3) is 0.591. The standard InChI is InChI=1S/C22H30F3N5O5/c1-14(2)35-18-4-3-16(11-17(18)23)27-13-28-21(33)30(10-7-19(31)29-34)20(32)26-12-15-5-8-22(24,25)9-6-15/h3-4,11,14-15,27H,5-10,12-13H2,1-2H3,(H,26,32)(H,28,33). The summed E-state index contributed by atoms with van der Waals surface area (Å²) in [4.78, 5) is 47.4. The largest absolute Gasteiger partial charge is 0.488 e. The van der Waals surface area contributed by atoms with Crippen LogP contribution in [-0.2, 0) is 4.79 Å². The average molecular weight is 502 g/mol. The number of nitrogens with one attached hydrogen (secondary N) is 3. The van der Waals surface area contributed by atoms with E-state index < -0.39 is 42.7 Å². The lowest BCUT2D eigenvalue weighted by atomic mass is 9.87. The van der Waals surface area contributed by atoms with Gasteiger partial charge in [-0.05, 0) is 44.7 Å². The molecule has 0 heterocycles. The number of halogens is 3. The van der Waals surface area contributed by atoms with Gasteiger partial charge in [0.25, 0.3) is 5.91 Å². The molecule has 1 aromatic carbocycles. The molecule has 5 amide bonds. The number of benzene rings is 1. The minimum absolute atomic E-state index is 0.0765. The normalized spacial score (nSPS) is 15.3. The van der Waals surface area contributed by atoms with Gasteiger partial charge < -0.3 is 20.7 Å². The van der Waals surface area contributed by atoms with Crippen LogP contribution < -0.4 is 20.7 Å². The third kappa shape index (κ3) is 9.41. The van der Waals surface area contributed by atoms with Gasteiger partial charge in [0.1, 0.15) is 0 Å². The van der Waals surface area contributed by atoms with E-state index in [1.807, 2.05) is 0 Å². The topological polar surface area (TPSA) is 129 Å². The van der Waals surface area contributed by atoms with Gasteiger partial charge in [0.05, 0.1) is 19.2 Å². The van der Waals surface area contributed by atoms with Crippen molar-refractivity contribution >= 4 is 23.7 Å². The summed E-state index contributed by atoms with van der Waals surface area (Å²) in [7, 11) is 0. The van der Waals surface area contributed by atoms with Crippen LogP contribution in [-0.4, -0.2) is 54.7 Å². The molecule has 0 saturated heterocycles. The molecular weight excluding hydrogens is 471 g/mol. The van der Waals surface area contributed by atoms with Gasteiger partial charge in [0.15, 0.2) is 11.6 Å². The van der Waals surface area contributed by atoms with Crippen molar-refractivity contribution in [3.63, 3.8) is 0 Å². The van der Waals surface area contributed by atoms with Gasteiger partial charge in [0, 0.05) is 42.9 Å². The highest BCUT2D eigenvalue weighted by atomic mass is 19.3. The summed E-state index contributed by atoms with van der Waals surface area (Å²) < 4.78 is 46.0. The Hall–Kier alpha value is -3.38. The van der Waals surface area contributed by atoms with Crippen LogP contribution in [0.4, 0.5) is 28.4 Å². The first-order valence-corrected chi connectivity index (χ1v) is 11.3. The summed E-state index contributed by atoms with van der Waals surface area (Å²) in [6, 6.07) is 2.41. The first kappa shape index (κ1) is 27.9. The first-order chi connectivity index (χ1) is 16.5. The lowest BCUT2D eigenvalue weighted by Gasteiger charge is -2.29. The number of nitrogens with zero attached hydrogens (tertiary/aromatic N) is 2. The predicted molar refractivity (Wildman–Crippen MR) is 122 cm³/mol. The van der Waals surface area contributed by atoms with Crippen LogP contribution in [0.3, 0.4) is 0 Å². The quantitative estimate of drug-likeness (QED) is 0.325. The molecule has 0 atom stereocenters. The molecule has 0 spiro atoms. The van der Waals surface area contributed by atoms with Crippen molar-refractivity contribution in [2.45, 2.75) is 58.0 Å². The molecule has 1 aliphatic rings. The van der Waals surface area contributed by atoms with E-state index in [2.05, 4.69) is 21.1 Å². The molecule has 35 heavy (non-hydrogen) atoms. The Morgan fingerprint density at radius 2 is 1.83 bits per heavy atom. The van der Waals surface area contributed by atoms with Crippen LogP contribution in [0, 0.1) is 16.6 Å². The van der Waals surface area contributed by atoms with E-state index in [1.165, 1.54) is 12.1 Å². The van der Waals surface area contributed by atoms with Crippen LogP contribution in [0.5, 0.6) is 5.75 Å². The van der Waals surface area contributed by atoms with Crippen molar-refractivity contribution < 1.29 is 32.3 Å². The van der Waals surface area contributed by atoms with Gasteiger partial charge in [-0.15, -0.1) is 4.91 Å². The summed E-state index contributed by atoms with van der Waals surface area (Å²) in [6.07, 6.45) is -0.763. The molecule has 1 fully saturated rings. The van der Waals surface area contributed by atoms with Gasteiger partial charge in [-0.1, -0.05) is 0 Å². The summed E-state index contributed by atoms with van der Waals surface area (Å²) in [5.41, 5.74) is 0.337. The van der Waals surface area contributed by atoms with Crippen LogP contribution in [0.25, 0.3) is 0 Å². The maximum Gasteiger partial charge on any atom is 0.326 e. The smallest absolute Gasteiger partial charge is 0.326 e. The lowest BCUT2D eigenvalue weighted by molar-refractivity contribution is -0.118. The average Bonchev–Trinajstić information content (AvgIpc) is 2.79. The van der Waals surface area contributed by atoms with Crippen molar-refractivity contribution in [2.24, 2.45) is 11.1 Å². The number of imide groups is 1. The zero-order valence-corrected chi connectivity index (χ0v) is 19.6. The molecule has 0 aromatic heterocycles. The predicted octanol–water partition coefficient (Wildman–Crippen LogP) is 4.21. The Balaban J connectivity index is 1.90. The monoisotopic (exact) mass is 501 g/mol. The SMILES string of the molecule is CC(C)Oc1ccc(NCNC(=O)N(CCC(=O)N=O)C(=O)NCC2CCC(F)(F)CC2)cc1F. The third-order valence-corrected chi connectivity index (χ3v) is 5.35. The zero-order valence-electron chi connectivity index (χ0n) is 19.6. The van der Waals surface area contributed by atoms with Gasteiger partial charge in [-0.2, -0.15) is 0 Å². The molecule has 10 nitrogen and oxygen atoms in total. The Morgan fingerprint density at radius 1 is 1.17 bits per heavy atom. The number of carbonyl (C=O) groups is 3. The van der Waals surface area contributed by atoms with E-state index in [4.69, 9.17) is 4.74 Å². The lowest BCUT2D eigenvalue weighted by Crippen LogP contribution is -2.51. The number of nitroso groups, excluding NO2 is 1. The Kier molecular flexibility index (Phi) is 10.3. The number of hydrogen-bond donors (Lipinski definition) is 3. The van der Waals surface area contributed by atoms with E-state index in [9.17, 15) is 32.5 Å². The van der Waals surface area contributed by atoms with Crippen molar-refractivity contribution in [2.75, 3.05) is 25.1 Å². The molecule has 0 unspecified atom stereocenters. The third-order valence-electron chi connectivity index (χ3n) is 5.35. The maximum absolute atomic E-state index is 14.1. The highest BCUT2D eigenvalue weighted by Gasteiger charge is 2.35. The minimum atomic E-state index is -2.70. The highest BCUT2D eigenvalue weighted by molar-refractivity contribution is 5.94. The number of urea groups is 2. The zero-order chi connectivity index (χ0) is 26.0. The van der Waals surface area contributed by atoms with E-state index >= 15 is 0 Å². The summed E-state index contributed by atoms with van der Waals surface area (Å²) in [5, 5.41) is 9.93. The van der Waals surface area contributed by atoms with Gasteiger partial charge >= 0.3 is 12.1 Å². The molecule has 1 saturated carbocycles. The van der Waals surface area contributed by atoms with Crippen molar-refractivity contribution in [1.82, 2.24) is 15.5 Å². The van der Waals surface area contributed by atoms with Crippen molar-refractivity contribution in [1.29, 1.82) is 0 Å². The highest BCUT2D eigenvalue weighted by Crippen LogP contribution is 2.35. The molecule has 0 bridgehead atoms. The molecule has 2 rings (SSSR count).